The van der Waals surface area contributed by atoms with Gasteiger partial charge in [0.15, 0.2) is 0 Å². The van der Waals surface area contributed by atoms with Crippen LogP contribution in [-0.2, 0) is 0 Å². The van der Waals surface area contributed by atoms with Gasteiger partial charge in [0.1, 0.15) is 6.21 Å². The average molecular weight is 131 g/mol. The lowest BCUT2D eigenvalue weighted by Crippen LogP contribution is -1.95. The highest BCUT2D eigenvalue weighted by Gasteiger charge is 2.10. The zero-order chi connectivity index (χ0) is 6.81. The third kappa shape index (κ3) is 0.719. The Balaban J connectivity index is 2.65. The molecule has 0 amide bonds. The molecule has 2 rings (SSSR count). The van der Waals surface area contributed by atoms with Gasteiger partial charge in [-0.15, -0.1) is 0 Å². The zero-order valence-electron chi connectivity index (χ0n) is 5.23. The molecule has 0 atom stereocenters. The van der Waals surface area contributed by atoms with Crippen LogP contribution >= 0.6 is 0 Å². The van der Waals surface area contributed by atoms with Crippen molar-refractivity contribution in [2.24, 2.45) is 0 Å². The van der Waals surface area contributed by atoms with E-state index in [0.717, 1.165) is 11.4 Å². The lowest BCUT2D eigenvalue weighted by molar-refractivity contribution is 1.11. The molecule has 1 aliphatic heterocycles. The molecule has 0 fully saturated rings. The van der Waals surface area contributed by atoms with Crippen LogP contribution in [-0.4, -0.2) is 16.2 Å². The number of allylic oxidation sites excluding steroid dienone is 1. The number of hydrogen-bond donors (Lipinski definition) is 0. The molecule has 47 valence electrons. The minimum absolute atomic E-state index is 0.748. The van der Waals surface area contributed by atoms with Gasteiger partial charge in [-0.25, -0.2) is 4.98 Å². The molecule has 0 saturated carbocycles. The van der Waals surface area contributed by atoms with E-state index in [9.17, 15) is 0 Å². The number of hydrogen-bond acceptors (Lipinski definition) is 3. The monoisotopic (exact) mass is 131 g/mol. The van der Waals surface area contributed by atoms with Crippen LogP contribution in [0.4, 0.5) is 5.82 Å². The Morgan fingerprint density at radius 1 is 1.40 bits per heavy atom. The summed E-state index contributed by atoms with van der Waals surface area (Å²) in [5.41, 5.74) is 0.977. The van der Waals surface area contributed by atoms with Gasteiger partial charge in [0, 0.05) is 6.20 Å². The molecular formula is C7H5N3+. The van der Waals surface area contributed by atoms with Crippen molar-refractivity contribution in [3.63, 3.8) is 0 Å². The third-order valence-corrected chi connectivity index (χ3v) is 1.28. The minimum atomic E-state index is 0.748. The van der Waals surface area contributed by atoms with Gasteiger partial charge in [-0.2, -0.15) is 0 Å². The maximum atomic E-state index is 4.03. The topological polar surface area (TPSA) is 39.9 Å². The highest BCUT2D eigenvalue weighted by molar-refractivity contribution is 5.84. The Kier molecular flexibility index (Phi) is 1.07. The van der Waals surface area contributed by atoms with Crippen molar-refractivity contribution in [3.8, 4) is 0 Å². The lowest BCUT2D eigenvalue weighted by Gasteiger charge is -1.88. The molecule has 3 nitrogen and oxygen atoms in total. The first-order valence-electron chi connectivity index (χ1n) is 2.97. The molecule has 0 spiro atoms. The summed E-state index contributed by atoms with van der Waals surface area (Å²) in [4.78, 5) is 11.9. The Hall–Kier alpha value is -1.51. The Morgan fingerprint density at radius 3 is 3.30 bits per heavy atom. The van der Waals surface area contributed by atoms with E-state index in [4.69, 9.17) is 0 Å². The molecule has 0 unspecified atom stereocenters. The van der Waals surface area contributed by atoms with E-state index in [1.54, 1.807) is 12.4 Å². The second-order valence-electron chi connectivity index (χ2n) is 1.94. The second kappa shape index (κ2) is 2.02. The normalized spacial score (nSPS) is 13.2. The van der Waals surface area contributed by atoms with E-state index < -0.39 is 0 Å². The quantitative estimate of drug-likeness (QED) is 0.515. The molecule has 0 N–H and O–H groups in total. The summed E-state index contributed by atoms with van der Waals surface area (Å²) < 4.78 is 0. The number of rotatable bonds is 0. The molecule has 3 heteroatoms. The number of nitrogens with zero attached hydrogens (tertiary/aromatic N) is 3. The third-order valence-electron chi connectivity index (χ3n) is 1.28. The molecule has 1 radical (unpaired) electrons. The summed E-state index contributed by atoms with van der Waals surface area (Å²) in [6.45, 7) is 0. The van der Waals surface area contributed by atoms with E-state index in [1.807, 2.05) is 12.2 Å². The molecule has 0 aliphatic carbocycles. The van der Waals surface area contributed by atoms with Crippen molar-refractivity contribution in [1.29, 1.82) is 0 Å². The van der Waals surface area contributed by atoms with Crippen LogP contribution in [0.25, 0.3) is 6.08 Å². The standard InChI is InChI=1S/C7H5N3/c1-2-6-4-8-5-10-7(6)9-3-1/h1-5H/q+1. The van der Waals surface area contributed by atoms with Crippen LogP contribution in [0.2, 0.25) is 0 Å². The van der Waals surface area contributed by atoms with Gasteiger partial charge in [0.05, 0.1) is 5.56 Å². The van der Waals surface area contributed by atoms with E-state index >= 15 is 0 Å². The Bertz CT molecular complexity index is 270. The summed E-state index contributed by atoms with van der Waals surface area (Å²) in [7, 11) is 0. The maximum Gasteiger partial charge on any atom is 0.374 e. The predicted octanol–water partition coefficient (Wildman–Crippen LogP) is 0.541. The van der Waals surface area contributed by atoms with Gasteiger partial charge < -0.3 is 0 Å². The van der Waals surface area contributed by atoms with Crippen molar-refractivity contribution in [2.45, 2.75) is 0 Å². The fraction of sp³-hybridized carbons (Fsp3) is 0. The molecule has 0 saturated heterocycles. The zero-order valence-corrected chi connectivity index (χ0v) is 5.23. The van der Waals surface area contributed by atoms with Gasteiger partial charge in [-0.3, -0.25) is 0 Å². The van der Waals surface area contributed by atoms with Crippen molar-refractivity contribution >= 4 is 18.1 Å². The molecule has 2 heterocycles. The molecule has 1 aliphatic rings. The van der Waals surface area contributed by atoms with Crippen LogP contribution in [0, 0.1) is 0 Å². The SMILES string of the molecule is C1=Cc2cncnc2[N+]=C1. The van der Waals surface area contributed by atoms with Crippen LogP contribution in [0.3, 0.4) is 0 Å². The van der Waals surface area contributed by atoms with Crippen molar-refractivity contribution in [3.05, 3.63) is 24.2 Å². The van der Waals surface area contributed by atoms with Crippen molar-refractivity contribution < 1.29 is 0 Å². The summed E-state index contributed by atoms with van der Waals surface area (Å²) >= 11 is 0. The second-order valence-corrected chi connectivity index (χ2v) is 1.94. The van der Waals surface area contributed by atoms with Crippen LogP contribution in [0.5, 0.6) is 0 Å². The Labute approximate surface area is 58.2 Å². The highest BCUT2D eigenvalue weighted by Crippen LogP contribution is 2.11. The molecule has 0 bridgehead atoms. The first kappa shape index (κ1) is 5.29. The van der Waals surface area contributed by atoms with Gasteiger partial charge in [-0.1, -0.05) is 0 Å². The predicted molar refractivity (Wildman–Crippen MR) is 38.9 cm³/mol. The van der Waals surface area contributed by atoms with E-state index in [0.29, 0.717) is 0 Å². The molecule has 1 aromatic rings. The summed E-state index contributed by atoms with van der Waals surface area (Å²) in [6, 6.07) is 0. The molecule has 1 aromatic heterocycles. The largest absolute Gasteiger partial charge is 0.374 e. The van der Waals surface area contributed by atoms with Gasteiger partial charge in [-0.05, 0) is 22.1 Å². The van der Waals surface area contributed by atoms with Crippen LogP contribution in [0.1, 0.15) is 5.56 Å². The highest BCUT2D eigenvalue weighted by atomic mass is 14.9. The smallest absolute Gasteiger partial charge is 0.220 e. The fourth-order valence-corrected chi connectivity index (χ4v) is 0.820. The summed E-state index contributed by atoms with van der Waals surface area (Å²) in [5, 5.41) is 0. The van der Waals surface area contributed by atoms with Gasteiger partial charge >= 0.3 is 5.82 Å². The van der Waals surface area contributed by atoms with Crippen molar-refractivity contribution in [1.82, 2.24) is 15.0 Å². The number of fused-ring (bicyclic) bond motifs is 1. The lowest BCUT2D eigenvalue weighted by atomic mass is 10.2. The van der Waals surface area contributed by atoms with Crippen LogP contribution < -0.4 is 4.99 Å². The van der Waals surface area contributed by atoms with E-state index in [-0.39, 0.29) is 0 Å². The first-order chi connectivity index (χ1) is 4.97. The summed E-state index contributed by atoms with van der Waals surface area (Å²) in [5.74, 6) is 0.748. The molecule has 0 aromatic carbocycles. The van der Waals surface area contributed by atoms with Gasteiger partial charge in [0.25, 0.3) is 0 Å². The fourth-order valence-electron chi connectivity index (χ4n) is 0.820. The minimum Gasteiger partial charge on any atom is -0.220 e. The van der Waals surface area contributed by atoms with E-state index in [1.165, 1.54) is 6.33 Å². The van der Waals surface area contributed by atoms with Gasteiger partial charge in [0.2, 0.25) is 6.33 Å². The first-order valence-corrected chi connectivity index (χ1v) is 2.97. The Morgan fingerprint density at radius 2 is 2.40 bits per heavy atom. The van der Waals surface area contributed by atoms with E-state index in [2.05, 4.69) is 15.0 Å². The number of aliphatic imine (C=N–C) groups is 1. The van der Waals surface area contributed by atoms with Crippen LogP contribution in [0.15, 0.2) is 18.6 Å². The average Bonchev–Trinajstić information content (AvgIpc) is 2.05. The molecular weight excluding hydrogens is 126 g/mol. The van der Waals surface area contributed by atoms with Crippen molar-refractivity contribution in [2.75, 3.05) is 0 Å². The molecule has 10 heavy (non-hydrogen) atoms. The maximum absolute atomic E-state index is 4.03. The number of aromatic nitrogens is 2. The summed E-state index contributed by atoms with van der Waals surface area (Å²) in [6.07, 6.45) is 8.76.